The van der Waals surface area contributed by atoms with Crippen molar-refractivity contribution in [1.29, 1.82) is 0 Å². The van der Waals surface area contributed by atoms with E-state index < -0.39 is 18.0 Å². The number of rotatable bonds is 3. The minimum atomic E-state index is -1.02. The van der Waals surface area contributed by atoms with Crippen LogP contribution in [0.15, 0.2) is 10.6 Å². The van der Waals surface area contributed by atoms with Crippen molar-refractivity contribution < 1.29 is 19.8 Å². The van der Waals surface area contributed by atoms with Gasteiger partial charge in [-0.25, -0.2) is 4.79 Å². The lowest BCUT2D eigenvalue weighted by atomic mass is 9.76. The summed E-state index contributed by atoms with van der Waals surface area (Å²) in [5.41, 5.74) is 0.169. The second-order valence-electron chi connectivity index (χ2n) is 6.68. The molecule has 0 spiro atoms. The van der Waals surface area contributed by atoms with Crippen LogP contribution in [0.2, 0.25) is 0 Å². The maximum absolute atomic E-state index is 12.2. The van der Waals surface area contributed by atoms with Gasteiger partial charge in [0.25, 0.3) is 0 Å². The number of aliphatic hydroxyl groups excluding tert-OH is 1. The second kappa shape index (κ2) is 4.97. The van der Waals surface area contributed by atoms with Crippen LogP contribution < -0.4 is 5.32 Å². The summed E-state index contributed by atoms with van der Waals surface area (Å²) in [4.78, 5) is 26.1. The van der Waals surface area contributed by atoms with Crippen molar-refractivity contribution in [2.24, 2.45) is 11.8 Å². The van der Waals surface area contributed by atoms with E-state index in [1.807, 2.05) is 0 Å². The number of fused-ring (bicyclic) bond motifs is 3. The molecule has 4 aliphatic heterocycles. The van der Waals surface area contributed by atoms with Gasteiger partial charge in [0, 0.05) is 22.1 Å². The average Bonchev–Trinajstić information content (AvgIpc) is 3.11. The van der Waals surface area contributed by atoms with Crippen LogP contribution in [-0.4, -0.2) is 57.0 Å². The van der Waals surface area contributed by atoms with E-state index in [-0.39, 0.29) is 23.6 Å². The van der Waals surface area contributed by atoms with Gasteiger partial charge in [0.15, 0.2) is 0 Å². The molecule has 3 N–H and O–H groups in total. The first-order chi connectivity index (χ1) is 10.5. The normalized spacial score (nSPS) is 41.5. The minimum absolute atomic E-state index is 0.0841. The van der Waals surface area contributed by atoms with Crippen LogP contribution in [0.3, 0.4) is 0 Å². The number of carbonyl (C=O) groups is 2. The monoisotopic (exact) mass is 324 g/mol. The number of thioether (sulfide) groups is 1. The average molecular weight is 324 g/mol. The van der Waals surface area contributed by atoms with Crippen molar-refractivity contribution in [3.8, 4) is 0 Å². The zero-order chi connectivity index (χ0) is 15.6. The number of hydrogen-bond donors (Lipinski definition) is 3. The largest absolute Gasteiger partial charge is 0.477 e. The number of aliphatic hydroxyl groups is 1. The van der Waals surface area contributed by atoms with Crippen molar-refractivity contribution in [2.45, 2.75) is 49.6 Å². The first-order valence-corrected chi connectivity index (χ1v) is 8.77. The summed E-state index contributed by atoms with van der Waals surface area (Å²) in [5, 5.41) is 23.3. The van der Waals surface area contributed by atoms with E-state index in [4.69, 9.17) is 0 Å². The lowest BCUT2D eigenvalue weighted by molar-refractivity contribution is -0.163. The van der Waals surface area contributed by atoms with E-state index in [1.54, 1.807) is 18.7 Å². The Hall–Kier alpha value is -1.05. The van der Waals surface area contributed by atoms with Crippen molar-refractivity contribution in [1.82, 2.24) is 10.2 Å². The summed E-state index contributed by atoms with van der Waals surface area (Å²) in [6.07, 6.45) is 2.47. The Bertz CT molecular complexity index is 570. The lowest BCUT2D eigenvalue weighted by Gasteiger charge is -2.47. The maximum atomic E-state index is 12.2. The molecular formula is C15H20N2O4S. The standard InChI is InChI=1S/C15H20N2O4S/c1-6(18)10-11-7-5-9(8-3-2-4-16-8)22-13(7)12(15(20)21)17(11)14(10)19/h6-11,16,18H,2-5H2,1H3,(H,20,21)/t6-,7+,8+,9?,10-,11-/m1/s1. The van der Waals surface area contributed by atoms with E-state index in [1.165, 1.54) is 11.3 Å². The van der Waals surface area contributed by atoms with Gasteiger partial charge in [0.05, 0.1) is 18.1 Å². The topological polar surface area (TPSA) is 89.9 Å². The van der Waals surface area contributed by atoms with E-state index >= 15 is 0 Å². The molecule has 0 aromatic carbocycles. The molecule has 120 valence electrons. The first-order valence-electron chi connectivity index (χ1n) is 7.89. The third kappa shape index (κ3) is 1.82. The van der Waals surface area contributed by atoms with Gasteiger partial charge < -0.3 is 20.4 Å². The Labute approximate surface area is 132 Å². The van der Waals surface area contributed by atoms with Gasteiger partial charge in [-0.2, -0.15) is 0 Å². The summed E-state index contributed by atoms with van der Waals surface area (Å²) in [7, 11) is 0. The molecule has 0 aliphatic carbocycles. The summed E-state index contributed by atoms with van der Waals surface area (Å²) >= 11 is 1.64. The van der Waals surface area contributed by atoms with Gasteiger partial charge in [-0.1, -0.05) is 0 Å². The Balaban J connectivity index is 1.65. The number of nitrogens with one attached hydrogen (secondary N) is 1. The number of carboxylic acid groups (broad SMARTS) is 1. The highest BCUT2D eigenvalue weighted by atomic mass is 32.2. The molecule has 4 heterocycles. The molecule has 3 saturated heterocycles. The van der Waals surface area contributed by atoms with Crippen molar-refractivity contribution in [2.75, 3.05) is 6.54 Å². The minimum Gasteiger partial charge on any atom is -0.477 e. The highest BCUT2D eigenvalue weighted by molar-refractivity contribution is 8.04. The Morgan fingerprint density at radius 1 is 1.50 bits per heavy atom. The van der Waals surface area contributed by atoms with Crippen LogP contribution in [0, 0.1) is 11.8 Å². The number of β-lactam (4-membered cyclic amide) rings is 1. The fourth-order valence-electron chi connectivity index (χ4n) is 4.50. The van der Waals surface area contributed by atoms with Crippen LogP contribution in [0.1, 0.15) is 26.2 Å². The van der Waals surface area contributed by atoms with Crippen molar-refractivity contribution in [3.05, 3.63) is 10.6 Å². The Kier molecular flexibility index (Phi) is 3.29. The van der Waals surface area contributed by atoms with E-state index in [2.05, 4.69) is 5.32 Å². The molecule has 7 heteroatoms. The Morgan fingerprint density at radius 2 is 2.27 bits per heavy atom. The van der Waals surface area contributed by atoms with Crippen LogP contribution in [0.5, 0.6) is 0 Å². The predicted molar refractivity (Wildman–Crippen MR) is 81.0 cm³/mol. The fourth-order valence-corrected chi connectivity index (χ4v) is 6.23. The van der Waals surface area contributed by atoms with Crippen LogP contribution in [0.25, 0.3) is 0 Å². The highest BCUT2D eigenvalue weighted by Gasteiger charge is 2.63. The summed E-state index contributed by atoms with van der Waals surface area (Å²) < 4.78 is 0. The quantitative estimate of drug-likeness (QED) is 0.650. The summed E-state index contributed by atoms with van der Waals surface area (Å²) in [5.74, 6) is -1.63. The summed E-state index contributed by atoms with van der Waals surface area (Å²) in [6, 6.07) is 0.278. The third-order valence-electron chi connectivity index (χ3n) is 5.45. The smallest absolute Gasteiger partial charge is 0.353 e. The molecule has 6 nitrogen and oxygen atoms in total. The van der Waals surface area contributed by atoms with Gasteiger partial charge in [-0.05, 0) is 32.7 Å². The molecule has 0 aromatic rings. The molecule has 0 radical (unpaired) electrons. The van der Waals surface area contributed by atoms with Gasteiger partial charge in [0.1, 0.15) is 5.70 Å². The molecule has 1 amide bonds. The number of amides is 1. The summed E-state index contributed by atoms with van der Waals surface area (Å²) in [6.45, 7) is 2.65. The zero-order valence-corrected chi connectivity index (χ0v) is 13.2. The predicted octanol–water partition coefficient (Wildman–Crippen LogP) is 0.378. The molecule has 1 unspecified atom stereocenters. The number of aliphatic carboxylic acids is 1. The first kappa shape index (κ1) is 14.5. The van der Waals surface area contributed by atoms with E-state index in [0.29, 0.717) is 11.3 Å². The zero-order valence-electron chi connectivity index (χ0n) is 12.4. The van der Waals surface area contributed by atoms with Gasteiger partial charge in [0.2, 0.25) is 5.91 Å². The Morgan fingerprint density at radius 3 is 2.86 bits per heavy atom. The van der Waals surface area contributed by atoms with Gasteiger partial charge in [-0.3, -0.25) is 4.79 Å². The van der Waals surface area contributed by atoms with E-state index in [0.717, 1.165) is 24.3 Å². The molecule has 0 bridgehead atoms. The number of carboxylic acids is 1. The lowest BCUT2D eigenvalue weighted by Crippen LogP contribution is -2.64. The fraction of sp³-hybridized carbons (Fsp3) is 0.733. The van der Waals surface area contributed by atoms with Gasteiger partial charge >= 0.3 is 5.97 Å². The van der Waals surface area contributed by atoms with Crippen molar-refractivity contribution in [3.63, 3.8) is 0 Å². The molecule has 0 saturated carbocycles. The molecule has 6 atom stereocenters. The van der Waals surface area contributed by atoms with Crippen LogP contribution >= 0.6 is 11.8 Å². The molecule has 4 rings (SSSR count). The SMILES string of the molecule is C[C@@H](O)[C@H]1C(=O)N2C(C(=O)O)=C3SC([C@@H]4CCCN4)C[C@H]3[C@H]12. The third-order valence-corrected chi connectivity index (χ3v) is 7.02. The number of hydrogen-bond acceptors (Lipinski definition) is 5. The number of carbonyl (C=O) groups excluding carboxylic acids is 1. The molecule has 22 heavy (non-hydrogen) atoms. The second-order valence-corrected chi connectivity index (χ2v) is 7.97. The van der Waals surface area contributed by atoms with Gasteiger partial charge in [-0.15, -0.1) is 11.8 Å². The van der Waals surface area contributed by atoms with Crippen molar-refractivity contribution >= 4 is 23.6 Å². The van der Waals surface area contributed by atoms with Crippen LogP contribution in [0.4, 0.5) is 0 Å². The molecular weight excluding hydrogens is 304 g/mol. The molecule has 4 aliphatic rings. The number of nitrogens with zero attached hydrogens (tertiary/aromatic N) is 1. The molecule has 0 aromatic heterocycles. The molecule has 3 fully saturated rings. The van der Waals surface area contributed by atoms with Crippen LogP contribution in [-0.2, 0) is 9.59 Å². The maximum Gasteiger partial charge on any atom is 0.353 e. The highest BCUT2D eigenvalue weighted by Crippen LogP contribution is 2.58. The van der Waals surface area contributed by atoms with E-state index in [9.17, 15) is 19.8 Å².